The van der Waals surface area contributed by atoms with Crippen molar-refractivity contribution in [2.75, 3.05) is 0 Å². The van der Waals surface area contributed by atoms with E-state index in [1.807, 2.05) is 60.7 Å². The summed E-state index contributed by atoms with van der Waals surface area (Å²) in [4.78, 5) is 11.4. The van der Waals surface area contributed by atoms with E-state index in [0.29, 0.717) is 0 Å². The molecule has 0 saturated heterocycles. The molecule has 3 nitrogen and oxygen atoms in total. The van der Waals surface area contributed by atoms with Crippen molar-refractivity contribution in [3.63, 3.8) is 0 Å². The lowest BCUT2D eigenvalue weighted by Crippen LogP contribution is -2.39. The summed E-state index contributed by atoms with van der Waals surface area (Å²) in [5.41, 5.74) is 1.72. The Balaban J connectivity index is 2.53. The first kappa shape index (κ1) is 15.4. The lowest BCUT2D eigenvalue weighted by molar-refractivity contribution is -0.139. The summed E-state index contributed by atoms with van der Waals surface area (Å²) in [6, 6.07) is 18.8. The van der Waals surface area contributed by atoms with Gasteiger partial charge in [0.05, 0.1) is 16.0 Å². The molecular formula is C17H18O3S. The van der Waals surface area contributed by atoms with Crippen molar-refractivity contribution in [2.45, 2.75) is 23.8 Å². The summed E-state index contributed by atoms with van der Waals surface area (Å²) < 4.78 is 11.6. The quantitative estimate of drug-likeness (QED) is 0.921. The lowest BCUT2D eigenvalue weighted by Gasteiger charge is -2.26. The molecule has 1 atom stereocenters. The predicted molar refractivity (Wildman–Crippen MR) is 84.6 cm³/mol. The van der Waals surface area contributed by atoms with Gasteiger partial charge in [0.15, 0.2) is 0 Å². The second-order valence-corrected chi connectivity index (χ2v) is 7.40. The average molecular weight is 302 g/mol. The highest BCUT2D eigenvalue weighted by Gasteiger charge is 2.40. The molecule has 1 unspecified atom stereocenters. The summed E-state index contributed by atoms with van der Waals surface area (Å²) in [7, 11) is -1.60. The predicted octanol–water partition coefficient (Wildman–Crippen LogP) is 3.39. The molecule has 110 valence electrons. The largest absolute Gasteiger partial charge is 0.480 e. The minimum atomic E-state index is -1.60. The Kier molecular flexibility index (Phi) is 4.58. The smallest absolute Gasteiger partial charge is 0.321 e. The van der Waals surface area contributed by atoms with E-state index in [4.69, 9.17) is 0 Å². The van der Waals surface area contributed by atoms with Crippen molar-refractivity contribution >= 4 is 16.8 Å². The number of aliphatic carboxylic acids is 1. The maximum atomic E-state index is 12.9. The molecule has 4 heteroatoms. The Labute approximate surface area is 127 Å². The number of carbonyl (C=O) groups is 1. The van der Waals surface area contributed by atoms with Crippen LogP contribution >= 0.6 is 0 Å². The van der Waals surface area contributed by atoms with Gasteiger partial charge in [0, 0.05) is 0 Å². The number of benzene rings is 2. The molecule has 0 bridgehead atoms. The maximum absolute atomic E-state index is 12.9. The Bertz CT molecular complexity index is 596. The zero-order valence-electron chi connectivity index (χ0n) is 12.0. The fraction of sp³-hybridized carbons (Fsp3) is 0.235. The van der Waals surface area contributed by atoms with Crippen LogP contribution in [0.2, 0.25) is 0 Å². The molecule has 2 rings (SSSR count). The van der Waals surface area contributed by atoms with E-state index in [9.17, 15) is 14.1 Å². The first-order chi connectivity index (χ1) is 9.94. The molecular weight excluding hydrogens is 284 g/mol. The van der Waals surface area contributed by atoms with Crippen LogP contribution < -0.4 is 0 Å². The van der Waals surface area contributed by atoms with Crippen LogP contribution in [0.5, 0.6) is 0 Å². The normalized spacial score (nSPS) is 13.1. The van der Waals surface area contributed by atoms with Gasteiger partial charge in [-0.05, 0) is 25.0 Å². The molecule has 2 aromatic rings. The van der Waals surface area contributed by atoms with Crippen LogP contribution in [0.15, 0.2) is 60.7 Å². The van der Waals surface area contributed by atoms with Gasteiger partial charge >= 0.3 is 5.97 Å². The van der Waals surface area contributed by atoms with Crippen molar-refractivity contribution in [1.82, 2.24) is 0 Å². The van der Waals surface area contributed by atoms with Crippen molar-refractivity contribution in [1.29, 1.82) is 0 Å². The second-order valence-electron chi connectivity index (χ2n) is 5.31. The molecule has 21 heavy (non-hydrogen) atoms. The van der Waals surface area contributed by atoms with Gasteiger partial charge in [0.2, 0.25) is 0 Å². The van der Waals surface area contributed by atoms with Gasteiger partial charge in [-0.25, -0.2) is 0 Å². The first-order valence-electron chi connectivity index (χ1n) is 6.68. The van der Waals surface area contributed by atoms with Gasteiger partial charge in [0.25, 0.3) is 0 Å². The topological polar surface area (TPSA) is 54.4 Å². The monoisotopic (exact) mass is 302 g/mol. The molecule has 0 aliphatic rings. The number of carboxylic acid groups (broad SMARTS) is 1. The molecule has 0 aromatic heterocycles. The fourth-order valence-electron chi connectivity index (χ4n) is 2.08. The fourth-order valence-corrected chi connectivity index (χ4v) is 3.65. The van der Waals surface area contributed by atoms with Crippen LogP contribution in [-0.2, 0) is 15.6 Å². The number of rotatable bonds is 5. The van der Waals surface area contributed by atoms with E-state index in [2.05, 4.69) is 0 Å². The van der Waals surface area contributed by atoms with Crippen LogP contribution in [0.3, 0.4) is 0 Å². The average Bonchev–Trinajstić information content (AvgIpc) is 2.49. The van der Waals surface area contributed by atoms with Crippen molar-refractivity contribution in [3.05, 3.63) is 71.8 Å². The Morgan fingerprint density at radius 2 is 1.33 bits per heavy atom. The molecule has 0 fully saturated rings. The minimum absolute atomic E-state index is 0.460. The van der Waals surface area contributed by atoms with E-state index in [1.165, 1.54) is 13.8 Å². The minimum Gasteiger partial charge on any atom is -0.480 e. The third kappa shape index (κ3) is 3.22. The lowest BCUT2D eigenvalue weighted by atomic mass is 10.0. The standard InChI is InChI=1S/C17H18O3S/c1-17(2,16(18)19)21(20)15(13-9-5-3-6-10-13)14-11-7-4-8-12-14/h3-12,15H,1-2H3,(H,18,19). The highest BCUT2D eigenvalue weighted by Crippen LogP contribution is 2.34. The Morgan fingerprint density at radius 1 is 0.952 bits per heavy atom. The zero-order valence-corrected chi connectivity index (χ0v) is 12.8. The second kappa shape index (κ2) is 6.22. The molecule has 0 amide bonds. The van der Waals surface area contributed by atoms with Gasteiger partial charge in [0.1, 0.15) is 4.75 Å². The highest BCUT2D eigenvalue weighted by molar-refractivity contribution is 7.87. The summed E-state index contributed by atoms with van der Waals surface area (Å²) >= 11 is 0. The van der Waals surface area contributed by atoms with Crippen molar-refractivity contribution in [2.24, 2.45) is 0 Å². The van der Waals surface area contributed by atoms with Crippen LogP contribution in [0.25, 0.3) is 0 Å². The SMILES string of the molecule is CC(C)(C(=O)O)S(=O)C(c1ccccc1)c1ccccc1. The summed E-state index contributed by atoms with van der Waals surface area (Å²) in [6.07, 6.45) is 0. The van der Waals surface area contributed by atoms with Crippen molar-refractivity contribution < 1.29 is 14.1 Å². The van der Waals surface area contributed by atoms with Gasteiger partial charge < -0.3 is 5.11 Å². The van der Waals surface area contributed by atoms with E-state index in [0.717, 1.165) is 11.1 Å². The third-order valence-electron chi connectivity index (χ3n) is 3.44. The van der Waals surface area contributed by atoms with Gasteiger partial charge in [-0.3, -0.25) is 9.00 Å². The van der Waals surface area contributed by atoms with Crippen molar-refractivity contribution in [3.8, 4) is 0 Å². The maximum Gasteiger partial charge on any atom is 0.321 e. The van der Waals surface area contributed by atoms with Gasteiger partial charge in [-0.2, -0.15) is 0 Å². The number of hydrogen-bond donors (Lipinski definition) is 1. The summed E-state index contributed by atoms with van der Waals surface area (Å²) in [5, 5.41) is 8.90. The van der Waals surface area contributed by atoms with Crippen LogP contribution in [-0.4, -0.2) is 20.0 Å². The third-order valence-corrected chi connectivity index (χ3v) is 5.59. The molecule has 0 radical (unpaired) electrons. The summed E-state index contributed by atoms with van der Waals surface area (Å²) in [6.45, 7) is 3.01. The van der Waals surface area contributed by atoms with E-state index >= 15 is 0 Å². The molecule has 1 N–H and O–H groups in total. The zero-order chi connectivity index (χ0) is 15.5. The first-order valence-corrected chi connectivity index (χ1v) is 7.90. The number of carboxylic acids is 1. The highest BCUT2D eigenvalue weighted by atomic mass is 32.2. The number of hydrogen-bond acceptors (Lipinski definition) is 2. The van der Waals surface area contributed by atoms with E-state index in [1.54, 1.807) is 0 Å². The van der Waals surface area contributed by atoms with Crippen LogP contribution in [0.1, 0.15) is 30.2 Å². The van der Waals surface area contributed by atoms with Crippen LogP contribution in [0.4, 0.5) is 0 Å². The van der Waals surface area contributed by atoms with Gasteiger partial charge in [-0.15, -0.1) is 0 Å². The van der Waals surface area contributed by atoms with Crippen LogP contribution in [0, 0.1) is 0 Å². The van der Waals surface area contributed by atoms with E-state index in [-0.39, 0.29) is 0 Å². The summed E-state index contributed by atoms with van der Waals surface area (Å²) in [5.74, 6) is -1.06. The molecule has 0 saturated carbocycles. The molecule has 0 aliphatic heterocycles. The molecule has 0 spiro atoms. The molecule has 0 heterocycles. The molecule has 2 aromatic carbocycles. The molecule has 0 aliphatic carbocycles. The Hall–Kier alpha value is -1.94. The van der Waals surface area contributed by atoms with E-state index < -0.39 is 26.8 Å². The van der Waals surface area contributed by atoms with Gasteiger partial charge in [-0.1, -0.05) is 60.7 Å². The Morgan fingerprint density at radius 3 is 1.67 bits per heavy atom.